The Kier molecular flexibility index (Phi) is 5.38. The highest BCUT2D eigenvalue weighted by Crippen LogP contribution is 2.21. The monoisotopic (exact) mass is 402 g/mol. The molecule has 0 radical (unpaired) electrons. The van der Waals surface area contributed by atoms with Crippen LogP contribution in [0.2, 0.25) is 0 Å². The van der Waals surface area contributed by atoms with Crippen LogP contribution < -0.4 is 5.32 Å². The van der Waals surface area contributed by atoms with E-state index in [1.54, 1.807) is 29.4 Å². The van der Waals surface area contributed by atoms with Crippen molar-refractivity contribution >= 4 is 5.91 Å². The molecule has 4 rings (SSSR count). The second kappa shape index (κ2) is 8.28. The number of hydrogen-bond acceptors (Lipinski definition) is 6. The molecule has 4 aromatic rings. The quantitative estimate of drug-likeness (QED) is 0.528. The van der Waals surface area contributed by atoms with Crippen molar-refractivity contribution in [2.75, 3.05) is 0 Å². The lowest BCUT2D eigenvalue weighted by atomic mass is 10.1. The molecule has 3 heterocycles. The van der Waals surface area contributed by atoms with E-state index in [0.29, 0.717) is 29.8 Å². The van der Waals surface area contributed by atoms with Crippen molar-refractivity contribution in [3.63, 3.8) is 0 Å². The number of aryl methyl sites for hydroxylation is 1. The lowest BCUT2D eigenvalue weighted by Crippen LogP contribution is -2.23. The first-order chi connectivity index (χ1) is 14.5. The maximum atomic E-state index is 12.4. The van der Waals surface area contributed by atoms with E-state index in [0.717, 1.165) is 11.1 Å². The van der Waals surface area contributed by atoms with Crippen LogP contribution in [-0.2, 0) is 6.54 Å². The van der Waals surface area contributed by atoms with E-state index < -0.39 is 0 Å². The predicted molar refractivity (Wildman–Crippen MR) is 111 cm³/mol. The summed E-state index contributed by atoms with van der Waals surface area (Å²) in [7, 11) is 0. The second-order valence-corrected chi connectivity index (χ2v) is 7.35. The van der Waals surface area contributed by atoms with Gasteiger partial charge >= 0.3 is 0 Å². The van der Waals surface area contributed by atoms with Crippen LogP contribution in [0.4, 0.5) is 0 Å². The standard InChI is InChI=1S/C22H22N6O2/c1-14(2)20-26-22(30-27-20)17-8-9-23-19(10-17)28-12-18(25-13-28)21(29)24-11-16-6-4-15(3)5-7-16/h4-10,12-14H,11H2,1-3H3,(H,24,29). The number of benzene rings is 1. The fraction of sp³-hybridized carbons (Fsp3) is 0.227. The summed E-state index contributed by atoms with van der Waals surface area (Å²) in [4.78, 5) is 25.4. The Morgan fingerprint density at radius 3 is 2.70 bits per heavy atom. The number of hydrogen-bond donors (Lipinski definition) is 1. The highest BCUT2D eigenvalue weighted by molar-refractivity contribution is 5.92. The molecule has 0 atom stereocenters. The molecule has 1 aromatic carbocycles. The molecule has 1 amide bonds. The van der Waals surface area contributed by atoms with Crippen molar-refractivity contribution in [2.24, 2.45) is 0 Å². The fourth-order valence-electron chi connectivity index (χ4n) is 2.82. The highest BCUT2D eigenvalue weighted by atomic mass is 16.5. The Balaban J connectivity index is 1.48. The average Bonchev–Trinajstić information content (AvgIpc) is 3.43. The minimum absolute atomic E-state index is 0.179. The normalized spacial score (nSPS) is 11.1. The van der Waals surface area contributed by atoms with Crippen LogP contribution in [0.1, 0.15) is 47.2 Å². The first-order valence-electron chi connectivity index (χ1n) is 9.68. The van der Waals surface area contributed by atoms with E-state index in [1.165, 1.54) is 5.56 Å². The van der Waals surface area contributed by atoms with Crippen LogP contribution in [0.25, 0.3) is 17.3 Å². The molecule has 0 bridgehead atoms. The second-order valence-electron chi connectivity index (χ2n) is 7.35. The molecule has 0 aliphatic rings. The molecule has 1 N–H and O–H groups in total. The van der Waals surface area contributed by atoms with Gasteiger partial charge in [0.05, 0.1) is 0 Å². The van der Waals surface area contributed by atoms with Gasteiger partial charge in [0.1, 0.15) is 17.8 Å². The number of pyridine rings is 1. The summed E-state index contributed by atoms with van der Waals surface area (Å²) >= 11 is 0. The van der Waals surface area contributed by atoms with Crippen molar-refractivity contribution in [2.45, 2.75) is 33.2 Å². The van der Waals surface area contributed by atoms with Gasteiger partial charge in [-0.1, -0.05) is 48.8 Å². The van der Waals surface area contributed by atoms with Gasteiger partial charge in [0.2, 0.25) is 0 Å². The van der Waals surface area contributed by atoms with Gasteiger partial charge in [0.15, 0.2) is 5.82 Å². The van der Waals surface area contributed by atoms with Crippen molar-refractivity contribution in [3.05, 3.63) is 77.8 Å². The van der Waals surface area contributed by atoms with Crippen molar-refractivity contribution < 1.29 is 9.32 Å². The third-order valence-electron chi connectivity index (χ3n) is 4.60. The molecule has 8 heteroatoms. The van der Waals surface area contributed by atoms with Crippen molar-refractivity contribution in [1.29, 1.82) is 0 Å². The molecule has 0 unspecified atom stereocenters. The zero-order chi connectivity index (χ0) is 21.1. The molecular weight excluding hydrogens is 380 g/mol. The van der Waals surface area contributed by atoms with Gasteiger partial charge in [0.25, 0.3) is 11.8 Å². The molecule has 0 saturated heterocycles. The lowest BCUT2D eigenvalue weighted by molar-refractivity contribution is 0.0946. The minimum Gasteiger partial charge on any atom is -0.347 e. The molecule has 0 saturated carbocycles. The van der Waals surface area contributed by atoms with E-state index >= 15 is 0 Å². The number of carbonyl (C=O) groups is 1. The molecule has 0 aliphatic carbocycles. The Labute approximate surface area is 174 Å². The molecule has 0 spiro atoms. The summed E-state index contributed by atoms with van der Waals surface area (Å²) in [6.07, 6.45) is 4.85. The number of carbonyl (C=O) groups excluding carboxylic acids is 1. The van der Waals surface area contributed by atoms with Gasteiger partial charge in [-0.25, -0.2) is 9.97 Å². The van der Waals surface area contributed by atoms with E-state index in [4.69, 9.17) is 4.52 Å². The van der Waals surface area contributed by atoms with E-state index in [1.807, 2.05) is 51.1 Å². The van der Waals surface area contributed by atoms with Crippen molar-refractivity contribution in [3.8, 4) is 17.3 Å². The largest absolute Gasteiger partial charge is 0.347 e. The summed E-state index contributed by atoms with van der Waals surface area (Å²) < 4.78 is 7.03. The summed E-state index contributed by atoms with van der Waals surface area (Å²) in [5.41, 5.74) is 3.27. The molecule has 0 aliphatic heterocycles. The van der Waals surface area contributed by atoms with Crippen LogP contribution in [-0.4, -0.2) is 30.6 Å². The molecule has 0 fully saturated rings. The smallest absolute Gasteiger partial charge is 0.271 e. The van der Waals surface area contributed by atoms with Gasteiger partial charge < -0.3 is 9.84 Å². The van der Waals surface area contributed by atoms with E-state index in [2.05, 4.69) is 25.4 Å². The maximum absolute atomic E-state index is 12.4. The van der Waals surface area contributed by atoms with E-state index in [9.17, 15) is 4.79 Å². The zero-order valence-electron chi connectivity index (χ0n) is 17.0. The molecule has 30 heavy (non-hydrogen) atoms. The number of imidazole rings is 1. The number of nitrogens with zero attached hydrogens (tertiary/aromatic N) is 5. The lowest BCUT2D eigenvalue weighted by Gasteiger charge is -2.04. The molecule has 152 valence electrons. The van der Waals surface area contributed by atoms with Gasteiger partial charge in [0, 0.05) is 30.4 Å². The van der Waals surface area contributed by atoms with Crippen LogP contribution >= 0.6 is 0 Å². The summed E-state index contributed by atoms with van der Waals surface area (Å²) in [6, 6.07) is 11.6. The van der Waals surface area contributed by atoms with Crippen LogP contribution in [0, 0.1) is 6.92 Å². The average molecular weight is 402 g/mol. The third-order valence-corrected chi connectivity index (χ3v) is 4.60. The number of rotatable bonds is 6. The number of nitrogens with one attached hydrogen (secondary N) is 1. The van der Waals surface area contributed by atoms with E-state index in [-0.39, 0.29) is 11.8 Å². The van der Waals surface area contributed by atoms with Gasteiger partial charge in [-0.3, -0.25) is 9.36 Å². The molecule has 3 aromatic heterocycles. The minimum atomic E-state index is -0.246. The molecular formula is C22H22N6O2. The maximum Gasteiger partial charge on any atom is 0.271 e. The highest BCUT2D eigenvalue weighted by Gasteiger charge is 2.14. The first kappa shape index (κ1) is 19.5. The Bertz CT molecular complexity index is 1160. The summed E-state index contributed by atoms with van der Waals surface area (Å²) in [6.45, 7) is 6.47. The first-order valence-corrected chi connectivity index (χ1v) is 9.68. The Morgan fingerprint density at radius 1 is 1.17 bits per heavy atom. The van der Waals surface area contributed by atoms with Gasteiger partial charge in [-0.05, 0) is 24.6 Å². The van der Waals surface area contributed by atoms with Crippen molar-refractivity contribution in [1.82, 2.24) is 30.0 Å². The fourth-order valence-corrected chi connectivity index (χ4v) is 2.82. The summed E-state index contributed by atoms with van der Waals surface area (Å²) in [5, 5.41) is 6.87. The van der Waals surface area contributed by atoms with Crippen LogP contribution in [0.15, 0.2) is 59.6 Å². The van der Waals surface area contributed by atoms with Gasteiger partial charge in [-0.2, -0.15) is 4.98 Å². The third kappa shape index (κ3) is 4.27. The van der Waals surface area contributed by atoms with Crippen LogP contribution in [0.5, 0.6) is 0 Å². The zero-order valence-corrected chi connectivity index (χ0v) is 17.0. The Hall–Kier alpha value is -3.81. The molecule has 8 nitrogen and oxygen atoms in total. The number of amides is 1. The predicted octanol–water partition coefficient (Wildman–Crippen LogP) is 3.68. The summed E-state index contributed by atoms with van der Waals surface area (Å²) in [5.74, 6) is 1.61. The van der Waals surface area contributed by atoms with Crippen LogP contribution in [0.3, 0.4) is 0 Å². The number of aromatic nitrogens is 5. The topological polar surface area (TPSA) is 98.7 Å². The SMILES string of the molecule is Cc1ccc(CNC(=O)c2cn(-c3cc(-c4nc(C(C)C)no4)ccn3)cn2)cc1. The Morgan fingerprint density at radius 2 is 1.97 bits per heavy atom. The van der Waals surface area contributed by atoms with Gasteiger partial charge in [-0.15, -0.1) is 0 Å².